The van der Waals surface area contributed by atoms with Gasteiger partial charge in [0, 0.05) is 26.1 Å². The number of ether oxygens (including phenoxy) is 2. The van der Waals surface area contributed by atoms with E-state index in [4.69, 9.17) is 21.0 Å². The highest BCUT2D eigenvalue weighted by Crippen LogP contribution is 2.44. The van der Waals surface area contributed by atoms with E-state index in [2.05, 4.69) is 11.2 Å². The zero-order valence-electron chi connectivity index (χ0n) is 18.3. The second-order valence-electron chi connectivity index (χ2n) is 7.60. The van der Waals surface area contributed by atoms with Gasteiger partial charge in [-0.2, -0.15) is 0 Å². The molecule has 1 aliphatic rings. The molecule has 0 bridgehead atoms. The highest BCUT2D eigenvalue weighted by Gasteiger charge is 2.31. The Morgan fingerprint density at radius 1 is 1.12 bits per heavy atom. The first-order valence-corrected chi connectivity index (χ1v) is 10.5. The maximum Gasteiger partial charge on any atom is 0.407 e. The fraction of sp³-hybridized carbons (Fsp3) is 0.320. The van der Waals surface area contributed by atoms with E-state index in [1.807, 2.05) is 48.5 Å². The number of hydrogen-bond donors (Lipinski definition) is 2. The van der Waals surface area contributed by atoms with Crippen LogP contribution >= 0.6 is 0 Å². The van der Waals surface area contributed by atoms with Crippen molar-refractivity contribution in [2.75, 3.05) is 33.4 Å². The van der Waals surface area contributed by atoms with Gasteiger partial charge in [-0.1, -0.05) is 54.5 Å². The van der Waals surface area contributed by atoms with E-state index in [-0.39, 0.29) is 32.1 Å². The van der Waals surface area contributed by atoms with Crippen LogP contribution in [-0.4, -0.2) is 67.4 Å². The summed E-state index contributed by atoms with van der Waals surface area (Å²) in [4.78, 5) is 37.5. The van der Waals surface area contributed by atoms with Crippen molar-refractivity contribution in [3.63, 3.8) is 0 Å². The number of methoxy groups -OCH3 is 1. The normalized spacial score (nSPS) is 12.7. The predicted molar refractivity (Wildman–Crippen MR) is 122 cm³/mol. The molecule has 172 valence electrons. The summed E-state index contributed by atoms with van der Waals surface area (Å²) in [5.41, 5.74) is 4.35. The van der Waals surface area contributed by atoms with Gasteiger partial charge in [-0.05, 0) is 22.3 Å². The highest BCUT2D eigenvalue weighted by atomic mass is 16.5. The van der Waals surface area contributed by atoms with Crippen LogP contribution in [0.15, 0.2) is 48.5 Å². The van der Waals surface area contributed by atoms with Crippen molar-refractivity contribution < 1.29 is 29.0 Å². The summed E-state index contributed by atoms with van der Waals surface area (Å²) in [6.07, 6.45) is 4.63. The molecule has 2 aromatic carbocycles. The molecule has 8 nitrogen and oxygen atoms in total. The Kier molecular flexibility index (Phi) is 8.06. The quantitative estimate of drug-likeness (QED) is 0.539. The number of benzene rings is 2. The molecule has 0 fully saturated rings. The number of aliphatic carboxylic acids is 1. The molecule has 2 amide bonds. The molecule has 0 saturated heterocycles. The topological polar surface area (TPSA) is 105 Å². The molecular weight excluding hydrogens is 424 g/mol. The first-order chi connectivity index (χ1) is 16.0. The minimum Gasteiger partial charge on any atom is -0.480 e. The van der Waals surface area contributed by atoms with Crippen molar-refractivity contribution in [2.45, 2.75) is 18.4 Å². The van der Waals surface area contributed by atoms with Crippen molar-refractivity contribution in [1.29, 1.82) is 0 Å². The summed E-state index contributed by atoms with van der Waals surface area (Å²) in [5.74, 6) is 0.328. The fourth-order valence-corrected chi connectivity index (χ4v) is 3.98. The van der Waals surface area contributed by atoms with Crippen LogP contribution in [0, 0.1) is 12.3 Å². The van der Waals surface area contributed by atoms with Crippen LogP contribution in [0.4, 0.5) is 4.79 Å². The summed E-state index contributed by atoms with van der Waals surface area (Å²) < 4.78 is 10.5. The van der Waals surface area contributed by atoms with Crippen molar-refractivity contribution >= 4 is 18.0 Å². The maximum absolute atomic E-state index is 12.8. The summed E-state index contributed by atoms with van der Waals surface area (Å²) in [6.45, 7) is -0.495. The lowest BCUT2D eigenvalue weighted by atomic mass is 9.98. The van der Waals surface area contributed by atoms with E-state index in [1.54, 1.807) is 0 Å². The van der Waals surface area contributed by atoms with Crippen molar-refractivity contribution in [1.82, 2.24) is 10.2 Å². The van der Waals surface area contributed by atoms with Gasteiger partial charge in [0.1, 0.15) is 19.2 Å². The number of fused-ring (bicyclic) bond motifs is 3. The Hall–Kier alpha value is -3.83. The smallest absolute Gasteiger partial charge is 0.407 e. The number of nitrogens with zero attached hydrogens (tertiary/aromatic N) is 1. The van der Waals surface area contributed by atoms with Gasteiger partial charge in [0.05, 0.1) is 6.54 Å². The van der Waals surface area contributed by atoms with Gasteiger partial charge in [0.15, 0.2) is 0 Å². The molecule has 33 heavy (non-hydrogen) atoms. The predicted octanol–water partition coefficient (Wildman–Crippen LogP) is 2.48. The van der Waals surface area contributed by atoms with E-state index in [9.17, 15) is 14.4 Å². The van der Waals surface area contributed by atoms with Gasteiger partial charge in [-0.15, -0.1) is 6.42 Å². The number of hydrogen-bond acceptors (Lipinski definition) is 5. The second-order valence-corrected chi connectivity index (χ2v) is 7.60. The van der Waals surface area contributed by atoms with Gasteiger partial charge >= 0.3 is 12.1 Å². The SMILES string of the molecule is C#CCN(CC(=O)O)C(=O)C(CCOC)NC(=O)OCC1c2ccccc2-c2ccccc21. The van der Waals surface area contributed by atoms with Crippen molar-refractivity contribution in [3.05, 3.63) is 59.7 Å². The number of amides is 2. The summed E-state index contributed by atoms with van der Waals surface area (Å²) in [5, 5.41) is 11.6. The lowest BCUT2D eigenvalue weighted by Gasteiger charge is -2.25. The lowest BCUT2D eigenvalue weighted by molar-refractivity contribution is -0.144. The third-order valence-corrected chi connectivity index (χ3v) is 5.46. The molecule has 1 atom stereocenters. The van der Waals surface area contributed by atoms with Crippen LogP contribution in [0.2, 0.25) is 0 Å². The Labute approximate surface area is 192 Å². The number of rotatable bonds is 10. The Balaban J connectivity index is 1.69. The summed E-state index contributed by atoms with van der Waals surface area (Å²) >= 11 is 0. The van der Waals surface area contributed by atoms with E-state index < -0.39 is 30.6 Å². The van der Waals surface area contributed by atoms with Crippen LogP contribution in [-0.2, 0) is 19.1 Å². The van der Waals surface area contributed by atoms with Gasteiger partial charge < -0.3 is 24.8 Å². The Morgan fingerprint density at radius 2 is 1.73 bits per heavy atom. The third-order valence-electron chi connectivity index (χ3n) is 5.46. The fourth-order valence-electron chi connectivity index (χ4n) is 3.98. The number of carboxylic acids is 1. The average molecular weight is 450 g/mol. The molecule has 0 spiro atoms. The van der Waals surface area contributed by atoms with Crippen LogP contribution in [0.5, 0.6) is 0 Å². The molecule has 3 rings (SSSR count). The molecule has 2 aromatic rings. The standard InChI is InChI=1S/C25H26N2O6/c1-3-13-27(15-23(28)29)24(30)22(12-14-32-2)26-25(31)33-16-21-19-10-6-4-8-17(19)18-9-5-7-11-20(18)21/h1,4-11,21-22H,12-16H2,2H3,(H,26,31)(H,28,29). The number of carbonyl (C=O) groups excluding carboxylic acids is 2. The monoisotopic (exact) mass is 450 g/mol. The van der Waals surface area contributed by atoms with Gasteiger partial charge in [-0.25, -0.2) is 4.79 Å². The average Bonchev–Trinajstić information content (AvgIpc) is 3.13. The molecule has 0 aliphatic heterocycles. The highest BCUT2D eigenvalue weighted by molar-refractivity contribution is 5.88. The lowest BCUT2D eigenvalue weighted by Crippen LogP contribution is -2.50. The summed E-state index contributed by atoms with van der Waals surface area (Å²) in [7, 11) is 1.46. The van der Waals surface area contributed by atoms with Crippen LogP contribution < -0.4 is 5.32 Å². The largest absolute Gasteiger partial charge is 0.480 e. The first kappa shape index (κ1) is 23.8. The number of carbonyl (C=O) groups is 3. The van der Waals surface area contributed by atoms with Crippen molar-refractivity contribution in [2.24, 2.45) is 0 Å². The van der Waals surface area contributed by atoms with Crippen LogP contribution in [0.25, 0.3) is 11.1 Å². The van der Waals surface area contributed by atoms with Gasteiger partial charge in [-0.3, -0.25) is 9.59 Å². The number of terminal acetylenes is 1. The first-order valence-electron chi connectivity index (χ1n) is 10.5. The number of alkyl carbamates (subject to hydrolysis) is 1. The number of nitrogens with one attached hydrogen (secondary N) is 1. The van der Waals surface area contributed by atoms with Crippen LogP contribution in [0.1, 0.15) is 23.5 Å². The minimum absolute atomic E-state index is 0.0915. The molecule has 8 heteroatoms. The molecule has 0 radical (unpaired) electrons. The molecule has 0 aromatic heterocycles. The molecule has 2 N–H and O–H groups in total. The third kappa shape index (κ3) is 5.70. The Morgan fingerprint density at radius 3 is 2.27 bits per heavy atom. The zero-order valence-corrected chi connectivity index (χ0v) is 18.3. The van der Waals surface area contributed by atoms with E-state index >= 15 is 0 Å². The molecule has 0 heterocycles. The van der Waals surface area contributed by atoms with Gasteiger partial charge in [0.2, 0.25) is 5.91 Å². The van der Waals surface area contributed by atoms with E-state index in [0.29, 0.717) is 0 Å². The van der Waals surface area contributed by atoms with E-state index in [0.717, 1.165) is 27.2 Å². The molecular formula is C25H26N2O6. The van der Waals surface area contributed by atoms with Gasteiger partial charge in [0.25, 0.3) is 0 Å². The van der Waals surface area contributed by atoms with Crippen molar-refractivity contribution in [3.8, 4) is 23.5 Å². The Bertz CT molecular complexity index is 1020. The second kappa shape index (κ2) is 11.2. The van der Waals surface area contributed by atoms with Crippen LogP contribution in [0.3, 0.4) is 0 Å². The zero-order chi connectivity index (χ0) is 23.8. The maximum atomic E-state index is 12.8. The minimum atomic E-state index is -1.20. The number of carboxylic acid groups (broad SMARTS) is 1. The molecule has 1 unspecified atom stereocenters. The molecule has 1 aliphatic carbocycles. The van der Waals surface area contributed by atoms with E-state index in [1.165, 1.54) is 7.11 Å². The molecule has 0 saturated carbocycles. The summed E-state index contributed by atoms with van der Waals surface area (Å²) in [6, 6.07) is 14.9.